The Kier molecular flexibility index (Phi) is 4.06. The van der Waals surface area contributed by atoms with Crippen molar-refractivity contribution in [3.63, 3.8) is 0 Å². The lowest BCUT2D eigenvalue weighted by atomic mass is 10.0. The minimum Gasteiger partial charge on any atom is -0.316 e. The fraction of sp³-hybridized carbons (Fsp3) is 0.667. The van der Waals surface area contributed by atoms with Crippen LogP contribution in [0.1, 0.15) is 24.1 Å². The molecule has 1 nitrogen and oxygen atoms in total. The van der Waals surface area contributed by atoms with E-state index in [4.69, 9.17) is 11.6 Å². The number of hydrogen-bond acceptors (Lipinski definition) is 2. The van der Waals surface area contributed by atoms with Crippen molar-refractivity contribution in [2.45, 2.75) is 25.7 Å². The summed E-state index contributed by atoms with van der Waals surface area (Å²) in [5.74, 6) is 0.812. The molecule has 0 saturated heterocycles. The van der Waals surface area contributed by atoms with Gasteiger partial charge < -0.3 is 5.32 Å². The zero-order valence-corrected chi connectivity index (χ0v) is 10.5. The molecule has 1 heterocycles. The van der Waals surface area contributed by atoms with Gasteiger partial charge >= 0.3 is 0 Å². The normalized spacial score (nSPS) is 17.9. The van der Waals surface area contributed by atoms with E-state index >= 15 is 0 Å². The van der Waals surface area contributed by atoms with E-state index in [0.29, 0.717) is 5.41 Å². The summed E-state index contributed by atoms with van der Waals surface area (Å²) in [5.41, 5.74) is 0.567. The summed E-state index contributed by atoms with van der Waals surface area (Å²) < 4.78 is 0. The van der Waals surface area contributed by atoms with Gasteiger partial charge in [0.05, 0.1) is 0 Å². The number of nitrogens with one attached hydrogen (secondary N) is 1. The lowest BCUT2D eigenvalue weighted by Gasteiger charge is -2.13. The highest BCUT2D eigenvalue weighted by Crippen LogP contribution is 2.48. The van der Waals surface area contributed by atoms with Crippen LogP contribution in [0.4, 0.5) is 0 Å². The molecule has 1 fully saturated rings. The minimum atomic E-state index is 0.567. The average molecular weight is 244 g/mol. The van der Waals surface area contributed by atoms with Crippen LogP contribution in [0.2, 0.25) is 0 Å². The number of rotatable bonds is 7. The van der Waals surface area contributed by atoms with Gasteiger partial charge in [-0.2, -0.15) is 0 Å². The van der Waals surface area contributed by atoms with Gasteiger partial charge in [-0.15, -0.1) is 22.9 Å². The molecule has 0 atom stereocenters. The van der Waals surface area contributed by atoms with Gasteiger partial charge in [0.25, 0.3) is 0 Å². The molecule has 1 aromatic rings. The van der Waals surface area contributed by atoms with E-state index in [2.05, 4.69) is 22.8 Å². The minimum absolute atomic E-state index is 0.567. The third kappa shape index (κ3) is 3.47. The summed E-state index contributed by atoms with van der Waals surface area (Å²) in [5, 5.41) is 5.70. The van der Waals surface area contributed by atoms with Crippen LogP contribution in [0.5, 0.6) is 0 Å². The molecule has 3 heteroatoms. The molecular formula is C12H18ClNS. The Morgan fingerprint density at radius 1 is 1.47 bits per heavy atom. The van der Waals surface area contributed by atoms with Crippen LogP contribution in [0.25, 0.3) is 0 Å². The number of hydrogen-bond donors (Lipinski definition) is 1. The van der Waals surface area contributed by atoms with Crippen LogP contribution < -0.4 is 5.32 Å². The molecule has 2 rings (SSSR count). The summed E-state index contributed by atoms with van der Waals surface area (Å²) in [4.78, 5) is 1.48. The van der Waals surface area contributed by atoms with E-state index in [-0.39, 0.29) is 0 Å². The molecule has 84 valence electrons. The Morgan fingerprint density at radius 3 is 2.93 bits per heavy atom. The Hall–Kier alpha value is -0.0500. The standard InChI is InChI=1S/C12H18ClNS/c13-7-6-12(4-5-12)10-14-8-3-11-2-1-9-15-11/h1-2,9,14H,3-8,10H2. The maximum absolute atomic E-state index is 5.79. The van der Waals surface area contributed by atoms with E-state index in [9.17, 15) is 0 Å². The predicted octanol–water partition coefficient (Wildman–Crippen LogP) is 3.29. The van der Waals surface area contributed by atoms with Gasteiger partial charge in [-0.1, -0.05) is 6.07 Å². The molecular weight excluding hydrogens is 226 g/mol. The first kappa shape index (κ1) is 11.4. The second kappa shape index (κ2) is 5.33. The number of alkyl halides is 1. The van der Waals surface area contributed by atoms with Crippen molar-refractivity contribution < 1.29 is 0 Å². The van der Waals surface area contributed by atoms with Gasteiger partial charge in [-0.25, -0.2) is 0 Å². The van der Waals surface area contributed by atoms with E-state index in [0.717, 1.165) is 25.4 Å². The first-order valence-corrected chi connectivity index (χ1v) is 7.05. The third-order valence-electron chi connectivity index (χ3n) is 3.21. The van der Waals surface area contributed by atoms with Gasteiger partial charge in [-0.3, -0.25) is 0 Å². The summed E-state index contributed by atoms with van der Waals surface area (Å²) in [7, 11) is 0. The molecule has 0 amide bonds. The SMILES string of the molecule is ClCCC1(CNCCc2cccs2)CC1. The van der Waals surface area contributed by atoms with E-state index in [1.165, 1.54) is 24.1 Å². The topological polar surface area (TPSA) is 12.0 Å². The highest BCUT2D eigenvalue weighted by Gasteiger charge is 2.40. The maximum atomic E-state index is 5.79. The molecule has 0 spiro atoms. The zero-order chi connectivity index (χ0) is 10.6. The fourth-order valence-electron chi connectivity index (χ4n) is 1.91. The summed E-state index contributed by atoms with van der Waals surface area (Å²) in [6, 6.07) is 4.33. The molecule has 1 saturated carbocycles. The lowest BCUT2D eigenvalue weighted by molar-refractivity contribution is 0.448. The second-order valence-electron chi connectivity index (χ2n) is 4.45. The largest absolute Gasteiger partial charge is 0.316 e. The first-order chi connectivity index (χ1) is 7.35. The zero-order valence-electron chi connectivity index (χ0n) is 8.97. The van der Waals surface area contributed by atoms with Crippen LogP contribution in [-0.4, -0.2) is 19.0 Å². The predicted molar refractivity (Wildman–Crippen MR) is 67.9 cm³/mol. The van der Waals surface area contributed by atoms with Crippen LogP contribution in [0.3, 0.4) is 0 Å². The highest BCUT2D eigenvalue weighted by molar-refractivity contribution is 7.09. The van der Waals surface area contributed by atoms with Gasteiger partial charge in [0, 0.05) is 17.3 Å². The van der Waals surface area contributed by atoms with E-state index < -0.39 is 0 Å². The monoisotopic (exact) mass is 243 g/mol. The summed E-state index contributed by atoms with van der Waals surface area (Å²) in [6.45, 7) is 2.26. The van der Waals surface area contributed by atoms with Crippen LogP contribution >= 0.6 is 22.9 Å². The van der Waals surface area contributed by atoms with Crippen LogP contribution in [0.15, 0.2) is 17.5 Å². The molecule has 15 heavy (non-hydrogen) atoms. The second-order valence-corrected chi connectivity index (χ2v) is 5.86. The van der Waals surface area contributed by atoms with Crippen molar-refractivity contribution in [2.75, 3.05) is 19.0 Å². The van der Waals surface area contributed by atoms with Gasteiger partial charge in [-0.05, 0) is 49.1 Å². The molecule has 0 aromatic carbocycles. The average Bonchev–Trinajstić information content (AvgIpc) is 2.80. The molecule has 1 aromatic heterocycles. The summed E-state index contributed by atoms with van der Waals surface area (Å²) in [6.07, 6.45) is 5.08. The highest BCUT2D eigenvalue weighted by atomic mass is 35.5. The van der Waals surface area contributed by atoms with Crippen molar-refractivity contribution in [1.82, 2.24) is 5.32 Å². The van der Waals surface area contributed by atoms with Crippen molar-refractivity contribution in [3.8, 4) is 0 Å². The van der Waals surface area contributed by atoms with Crippen molar-refractivity contribution in [3.05, 3.63) is 22.4 Å². The van der Waals surface area contributed by atoms with Crippen molar-refractivity contribution in [1.29, 1.82) is 0 Å². The summed E-state index contributed by atoms with van der Waals surface area (Å²) >= 11 is 7.64. The molecule has 0 unspecified atom stereocenters. The Bertz CT molecular complexity index is 280. The van der Waals surface area contributed by atoms with Gasteiger partial charge in [0.2, 0.25) is 0 Å². The van der Waals surface area contributed by atoms with Gasteiger partial charge in [0.15, 0.2) is 0 Å². The fourth-order valence-corrected chi connectivity index (χ4v) is 3.02. The van der Waals surface area contributed by atoms with E-state index in [1.807, 2.05) is 11.3 Å². The Labute approximate surface area is 101 Å². The molecule has 1 N–H and O–H groups in total. The molecule has 0 bridgehead atoms. The number of thiophene rings is 1. The van der Waals surface area contributed by atoms with Crippen LogP contribution in [-0.2, 0) is 6.42 Å². The third-order valence-corrected chi connectivity index (χ3v) is 4.34. The quantitative estimate of drug-likeness (QED) is 0.573. The Balaban J connectivity index is 1.59. The molecule has 1 aliphatic carbocycles. The first-order valence-electron chi connectivity index (χ1n) is 5.64. The van der Waals surface area contributed by atoms with Gasteiger partial charge in [0.1, 0.15) is 0 Å². The smallest absolute Gasteiger partial charge is 0.0229 e. The van der Waals surface area contributed by atoms with E-state index in [1.54, 1.807) is 0 Å². The van der Waals surface area contributed by atoms with Crippen molar-refractivity contribution >= 4 is 22.9 Å². The number of halogens is 1. The van der Waals surface area contributed by atoms with Crippen molar-refractivity contribution in [2.24, 2.45) is 5.41 Å². The van der Waals surface area contributed by atoms with Crippen LogP contribution in [0, 0.1) is 5.41 Å². The molecule has 0 radical (unpaired) electrons. The maximum Gasteiger partial charge on any atom is 0.0229 e. The molecule has 0 aliphatic heterocycles. The Morgan fingerprint density at radius 2 is 2.33 bits per heavy atom. The lowest BCUT2D eigenvalue weighted by Crippen LogP contribution is -2.26. The molecule has 1 aliphatic rings.